The van der Waals surface area contributed by atoms with Gasteiger partial charge in [-0.15, -0.1) is 0 Å². The third-order valence-corrected chi connectivity index (χ3v) is 3.54. The Morgan fingerprint density at radius 1 is 1.15 bits per heavy atom. The predicted octanol–water partition coefficient (Wildman–Crippen LogP) is 4.04. The number of benzene rings is 2. The Kier molecular flexibility index (Phi) is 4.42. The Bertz CT molecular complexity index is 724. The van der Waals surface area contributed by atoms with Crippen LogP contribution in [0.2, 0.25) is 0 Å². The van der Waals surface area contributed by atoms with Gasteiger partial charge in [-0.05, 0) is 36.4 Å². The van der Waals surface area contributed by atoms with Crippen molar-refractivity contribution in [3.8, 4) is 11.8 Å². The predicted molar refractivity (Wildman–Crippen MR) is 82.6 cm³/mol. The fraction of sp³-hybridized carbons (Fsp3) is 0. The number of nitrogens with one attached hydrogen (secondary N) is 1. The number of amides is 1. The van der Waals surface area contributed by atoms with E-state index in [9.17, 15) is 9.90 Å². The zero-order chi connectivity index (χ0) is 14.7. The molecule has 0 saturated heterocycles. The molecule has 0 aliphatic rings. The fourth-order valence-electron chi connectivity index (χ4n) is 1.60. The van der Waals surface area contributed by atoms with Gasteiger partial charge in [-0.3, -0.25) is 4.79 Å². The first-order valence-corrected chi connectivity index (χ1v) is 7.09. The lowest BCUT2D eigenvalue weighted by atomic mass is 10.1. The Morgan fingerprint density at radius 2 is 1.80 bits per heavy atom. The highest BCUT2D eigenvalue weighted by Crippen LogP contribution is 2.25. The zero-order valence-electron chi connectivity index (χ0n) is 10.0. The van der Waals surface area contributed by atoms with Crippen molar-refractivity contribution in [2.24, 2.45) is 0 Å². The van der Waals surface area contributed by atoms with Crippen LogP contribution >= 0.6 is 31.9 Å². The number of carbonyl (C=O) groups is 1. The summed E-state index contributed by atoms with van der Waals surface area (Å²) < 4.78 is 1.42. The summed E-state index contributed by atoms with van der Waals surface area (Å²) in [6.07, 6.45) is 0. The van der Waals surface area contributed by atoms with Crippen molar-refractivity contribution in [3.05, 3.63) is 56.5 Å². The number of anilines is 1. The minimum absolute atomic E-state index is 0.132. The van der Waals surface area contributed by atoms with Crippen LogP contribution in [0.3, 0.4) is 0 Å². The molecule has 0 radical (unpaired) electrons. The number of rotatable bonds is 2. The molecule has 2 rings (SSSR count). The Labute approximate surface area is 132 Å². The van der Waals surface area contributed by atoms with Gasteiger partial charge in [0.05, 0.1) is 16.8 Å². The van der Waals surface area contributed by atoms with Crippen LogP contribution in [-0.4, -0.2) is 11.0 Å². The first kappa shape index (κ1) is 14.6. The summed E-state index contributed by atoms with van der Waals surface area (Å²) in [5, 5.41) is 21.4. The second kappa shape index (κ2) is 6.07. The van der Waals surface area contributed by atoms with Crippen LogP contribution in [0.5, 0.6) is 5.75 Å². The lowest BCUT2D eigenvalue weighted by Gasteiger charge is -2.09. The molecule has 0 saturated carbocycles. The molecule has 0 heterocycles. The van der Waals surface area contributed by atoms with Gasteiger partial charge in [-0.25, -0.2) is 0 Å². The third kappa shape index (κ3) is 3.18. The van der Waals surface area contributed by atoms with E-state index < -0.39 is 5.91 Å². The molecule has 6 heteroatoms. The van der Waals surface area contributed by atoms with Gasteiger partial charge in [0.2, 0.25) is 0 Å². The molecular weight excluding hydrogens is 388 g/mol. The van der Waals surface area contributed by atoms with Crippen molar-refractivity contribution >= 4 is 43.5 Å². The highest BCUT2D eigenvalue weighted by molar-refractivity contribution is 9.10. The van der Waals surface area contributed by atoms with Gasteiger partial charge in [0.25, 0.3) is 5.91 Å². The molecule has 0 bridgehead atoms. The van der Waals surface area contributed by atoms with Crippen molar-refractivity contribution < 1.29 is 9.90 Å². The van der Waals surface area contributed by atoms with Crippen molar-refractivity contribution in [1.29, 1.82) is 5.26 Å². The molecule has 2 aromatic carbocycles. The number of hydrogen-bond acceptors (Lipinski definition) is 3. The third-order valence-electron chi connectivity index (χ3n) is 2.55. The average molecular weight is 396 g/mol. The van der Waals surface area contributed by atoms with E-state index in [4.69, 9.17) is 5.26 Å². The van der Waals surface area contributed by atoms with E-state index in [1.165, 1.54) is 12.1 Å². The van der Waals surface area contributed by atoms with Crippen LogP contribution < -0.4 is 5.32 Å². The zero-order valence-corrected chi connectivity index (χ0v) is 13.2. The van der Waals surface area contributed by atoms with Crippen LogP contribution in [0.15, 0.2) is 45.3 Å². The number of phenols is 1. The number of nitriles is 1. The topological polar surface area (TPSA) is 73.1 Å². The van der Waals surface area contributed by atoms with Crippen molar-refractivity contribution in [1.82, 2.24) is 0 Å². The van der Waals surface area contributed by atoms with E-state index in [1.54, 1.807) is 24.3 Å². The highest BCUT2D eigenvalue weighted by Gasteiger charge is 2.13. The molecule has 0 aromatic heterocycles. The lowest BCUT2D eigenvalue weighted by molar-refractivity contribution is 0.102. The molecule has 2 aromatic rings. The summed E-state index contributed by atoms with van der Waals surface area (Å²) in [5.74, 6) is -0.610. The Hall–Kier alpha value is -1.84. The Morgan fingerprint density at radius 3 is 2.45 bits per heavy atom. The van der Waals surface area contributed by atoms with E-state index >= 15 is 0 Å². The van der Waals surface area contributed by atoms with Gasteiger partial charge < -0.3 is 10.4 Å². The van der Waals surface area contributed by atoms with Crippen LogP contribution in [0.4, 0.5) is 5.69 Å². The second-order valence-electron chi connectivity index (χ2n) is 3.92. The molecule has 20 heavy (non-hydrogen) atoms. The SMILES string of the molecule is N#Cc1cc(Br)ccc1NC(=O)c1ccc(Br)cc1O. The molecule has 0 unspecified atom stereocenters. The molecule has 2 N–H and O–H groups in total. The monoisotopic (exact) mass is 394 g/mol. The highest BCUT2D eigenvalue weighted by atomic mass is 79.9. The summed E-state index contributed by atoms with van der Waals surface area (Å²) >= 11 is 6.46. The lowest BCUT2D eigenvalue weighted by Crippen LogP contribution is -2.13. The van der Waals surface area contributed by atoms with Crippen molar-refractivity contribution in [3.63, 3.8) is 0 Å². The first-order chi connectivity index (χ1) is 9.51. The minimum Gasteiger partial charge on any atom is -0.507 e. The maximum atomic E-state index is 12.1. The van der Waals surface area contributed by atoms with Gasteiger partial charge in [0.15, 0.2) is 0 Å². The molecule has 4 nitrogen and oxygen atoms in total. The van der Waals surface area contributed by atoms with Gasteiger partial charge in [-0.1, -0.05) is 31.9 Å². The summed E-state index contributed by atoms with van der Waals surface area (Å²) in [5.41, 5.74) is 0.868. The number of carbonyl (C=O) groups excluding carboxylic acids is 1. The normalized spacial score (nSPS) is 9.85. The summed E-state index contributed by atoms with van der Waals surface area (Å²) in [7, 11) is 0. The van der Waals surface area contributed by atoms with Crippen molar-refractivity contribution in [2.75, 3.05) is 5.32 Å². The minimum atomic E-state index is -0.478. The number of hydrogen-bond donors (Lipinski definition) is 2. The number of aromatic hydroxyl groups is 1. The van der Waals surface area contributed by atoms with Gasteiger partial charge in [-0.2, -0.15) is 5.26 Å². The molecule has 1 amide bonds. The second-order valence-corrected chi connectivity index (χ2v) is 5.75. The largest absolute Gasteiger partial charge is 0.507 e. The standard InChI is InChI=1S/C14H8Br2N2O2/c15-9-2-4-12(8(5-9)7-17)18-14(20)11-3-1-10(16)6-13(11)19/h1-6,19H,(H,18,20). The average Bonchev–Trinajstić information content (AvgIpc) is 2.40. The maximum absolute atomic E-state index is 12.1. The van der Waals surface area contributed by atoms with E-state index in [2.05, 4.69) is 37.2 Å². The van der Waals surface area contributed by atoms with E-state index in [1.807, 2.05) is 6.07 Å². The molecule has 0 aliphatic carbocycles. The molecule has 0 fully saturated rings. The van der Waals surface area contributed by atoms with Crippen LogP contribution in [0, 0.1) is 11.3 Å². The molecule has 100 valence electrons. The molecular formula is C14H8Br2N2O2. The molecule has 0 atom stereocenters. The van der Waals surface area contributed by atoms with E-state index in [0.29, 0.717) is 15.7 Å². The Balaban J connectivity index is 2.31. The quantitative estimate of drug-likeness (QED) is 0.805. The van der Waals surface area contributed by atoms with E-state index in [-0.39, 0.29) is 11.3 Å². The van der Waals surface area contributed by atoms with Gasteiger partial charge >= 0.3 is 0 Å². The van der Waals surface area contributed by atoms with E-state index in [0.717, 1.165) is 4.47 Å². The maximum Gasteiger partial charge on any atom is 0.259 e. The summed E-state index contributed by atoms with van der Waals surface area (Å²) in [6, 6.07) is 11.5. The number of nitrogens with zero attached hydrogens (tertiary/aromatic N) is 1. The summed E-state index contributed by atoms with van der Waals surface area (Å²) in [4.78, 5) is 12.1. The number of phenolic OH excluding ortho intramolecular Hbond substituents is 1. The van der Waals surface area contributed by atoms with Gasteiger partial charge in [0.1, 0.15) is 11.8 Å². The van der Waals surface area contributed by atoms with Crippen molar-refractivity contribution in [2.45, 2.75) is 0 Å². The number of halogens is 2. The molecule has 0 spiro atoms. The van der Waals surface area contributed by atoms with Crippen LogP contribution in [0.1, 0.15) is 15.9 Å². The van der Waals surface area contributed by atoms with Crippen LogP contribution in [0.25, 0.3) is 0 Å². The smallest absolute Gasteiger partial charge is 0.259 e. The van der Waals surface area contributed by atoms with Gasteiger partial charge in [0, 0.05) is 8.95 Å². The first-order valence-electron chi connectivity index (χ1n) is 5.51. The fourth-order valence-corrected chi connectivity index (χ4v) is 2.31. The molecule has 0 aliphatic heterocycles. The van der Waals surface area contributed by atoms with Crippen LogP contribution in [-0.2, 0) is 0 Å². The summed E-state index contributed by atoms with van der Waals surface area (Å²) in [6.45, 7) is 0.